The van der Waals surface area contributed by atoms with E-state index in [2.05, 4.69) is 65.6 Å². The third kappa shape index (κ3) is 4.55. The van der Waals surface area contributed by atoms with Gasteiger partial charge in [0.2, 0.25) is 5.91 Å². The van der Waals surface area contributed by atoms with E-state index in [4.69, 9.17) is 0 Å². The molecule has 2 aromatic heterocycles. The average Bonchev–Trinajstić information content (AvgIpc) is 3.16. The average molecular weight is 415 g/mol. The maximum atomic E-state index is 12.7. The Morgan fingerprint density at radius 3 is 2.45 bits per heavy atom. The lowest BCUT2D eigenvalue weighted by Crippen LogP contribution is -2.20. The van der Waals surface area contributed by atoms with Crippen molar-refractivity contribution in [2.45, 2.75) is 39.2 Å². The number of hydrogen-bond donors (Lipinski definition) is 2. The summed E-state index contributed by atoms with van der Waals surface area (Å²) >= 11 is 0. The number of fused-ring (bicyclic) bond motifs is 1. The predicted molar refractivity (Wildman–Crippen MR) is 121 cm³/mol. The second-order valence-electron chi connectivity index (χ2n) is 8.59. The van der Waals surface area contributed by atoms with E-state index in [1.54, 1.807) is 35.1 Å². The van der Waals surface area contributed by atoms with Gasteiger partial charge in [-0.3, -0.25) is 9.59 Å². The van der Waals surface area contributed by atoms with Gasteiger partial charge in [0, 0.05) is 11.5 Å². The minimum atomic E-state index is -0.268. The minimum absolute atomic E-state index is 0.0444. The molecule has 0 aliphatic carbocycles. The van der Waals surface area contributed by atoms with E-state index in [0.29, 0.717) is 28.8 Å². The number of aromatic nitrogens is 4. The molecule has 0 saturated carbocycles. The highest BCUT2D eigenvalue weighted by Gasteiger charge is 2.15. The van der Waals surface area contributed by atoms with Gasteiger partial charge in [-0.05, 0) is 22.6 Å². The fourth-order valence-electron chi connectivity index (χ4n) is 3.49. The Balaban J connectivity index is 1.48. The van der Waals surface area contributed by atoms with Gasteiger partial charge in [0.05, 0.1) is 30.2 Å². The van der Waals surface area contributed by atoms with Gasteiger partial charge in [-0.15, -0.1) is 0 Å². The molecule has 0 aliphatic rings. The van der Waals surface area contributed by atoms with Gasteiger partial charge in [-0.25, -0.2) is 9.78 Å². The number of benzene rings is 2. The molecule has 2 N–H and O–H groups in total. The van der Waals surface area contributed by atoms with Gasteiger partial charge in [0.15, 0.2) is 0 Å². The van der Waals surface area contributed by atoms with Crippen molar-refractivity contribution in [2.75, 3.05) is 5.32 Å². The zero-order valence-electron chi connectivity index (χ0n) is 17.8. The molecule has 0 bridgehead atoms. The Bertz CT molecular complexity index is 1280. The molecule has 0 aliphatic heterocycles. The van der Waals surface area contributed by atoms with Crippen molar-refractivity contribution in [1.82, 2.24) is 20.0 Å². The first-order chi connectivity index (χ1) is 14.8. The van der Waals surface area contributed by atoms with Crippen molar-refractivity contribution in [3.05, 3.63) is 88.0 Å². The van der Waals surface area contributed by atoms with Crippen molar-refractivity contribution in [2.24, 2.45) is 0 Å². The van der Waals surface area contributed by atoms with Gasteiger partial charge in [0.1, 0.15) is 5.82 Å². The lowest BCUT2D eigenvalue weighted by atomic mass is 9.87. The molecule has 4 rings (SSSR count). The fourth-order valence-corrected chi connectivity index (χ4v) is 3.49. The Hall–Kier alpha value is -3.74. The number of carbonyl (C=O) groups is 1. The molecule has 0 atom stereocenters. The zero-order valence-corrected chi connectivity index (χ0v) is 17.8. The number of aromatic amines is 1. The number of amides is 1. The first-order valence-electron chi connectivity index (χ1n) is 10.2. The van der Waals surface area contributed by atoms with E-state index in [1.165, 1.54) is 5.56 Å². The SMILES string of the molecule is CC(C)(C)c1ccc(Cn2nccc2NC(=O)Cc2n[nH]c(=O)c3ccccc23)cc1. The van der Waals surface area contributed by atoms with Crippen LogP contribution in [0.25, 0.3) is 10.8 Å². The van der Waals surface area contributed by atoms with E-state index < -0.39 is 0 Å². The van der Waals surface area contributed by atoms with Gasteiger partial charge in [-0.1, -0.05) is 63.2 Å². The summed E-state index contributed by atoms with van der Waals surface area (Å²) in [5.41, 5.74) is 2.72. The standard InChI is InChI=1S/C24H25N5O2/c1-24(2,3)17-10-8-16(9-11-17)15-29-21(12-13-25-29)26-22(30)14-20-18-6-4-5-7-19(18)23(31)28-27-20/h4-13H,14-15H2,1-3H3,(H,26,30)(H,28,31). The summed E-state index contributed by atoms with van der Waals surface area (Å²) in [5.74, 6) is 0.383. The number of hydrogen-bond acceptors (Lipinski definition) is 4. The van der Waals surface area contributed by atoms with E-state index in [1.807, 2.05) is 6.07 Å². The van der Waals surface area contributed by atoms with Crippen LogP contribution in [0.5, 0.6) is 0 Å². The van der Waals surface area contributed by atoms with Crippen molar-refractivity contribution < 1.29 is 4.79 Å². The molecule has 0 radical (unpaired) electrons. The first kappa shape index (κ1) is 20.5. The van der Waals surface area contributed by atoms with Crippen LogP contribution in [0.15, 0.2) is 65.6 Å². The van der Waals surface area contributed by atoms with Crippen LogP contribution in [0.1, 0.15) is 37.6 Å². The summed E-state index contributed by atoms with van der Waals surface area (Å²) in [6, 6.07) is 17.3. The molecule has 0 fully saturated rings. The normalized spacial score (nSPS) is 11.6. The Kier molecular flexibility index (Phi) is 5.42. The maximum absolute atomic E-state index is 12.7. The largest absolute Gasteiger partial charge is 0.311 e. The third-order valence-electron chi connectivity index (χ3n) is 5.24. The zero-order chi connectivity index (χ0) is 22.0. The topological polar surface area (TPSA) is 92.7 Å². The third-order valence-corrected chi connectivity index (χ3v) is 5.24. The first-order valence-corrected chi connectivity index (χ1v) is 10.2. The van der Waals surface area contributed by atoms with Gasteiger partial charge >= 0.3 is 0 Å². The van der Waals surface area contributed by atoms with Crippen molar-refractivity contribution >= 4 is 22.5 Å². The van der Waals surface area contributed by atoms with Crippen LogP contribution in [-0.4, -0.2) is 25.9 Å². The molecule has 1 amide bonds. The molecule has 4 aromatic rings. The Labute approximate surface area is 180 Å². The summed E-state index contributed by atoms with van der Waals surface area (Å²) in [6.07, 6.45) is 1.70. The molecule has 2 aromatic carbocycles. The summed E-state index contributed by atoms with van der Waals surface area (Å²) in [6.45, 7) is 7.10. The van der Waals surface area contributed by atoms with Crippen molar-refractivity contribution in [3.63, 3.8) is 0 Å². The number of nitrogens with zero attached hydrogens (tertiary/aromatic N) is 3. The predicted octanol–water partition coefficient (Wildman–Crippen LogP) is 3.65. The van der Waals surface area contributed by atoms with E-state index >= 15 is 0 Å². The number of nitrogens with one attached hydrogen (secondary N) is 2. The van der Waals surface area contributed by atoms with Gasteiger partial charge < -0.3 is 5.32 Å². The van der Waals surface area contributed by atoms with Crippen LogP contribution >= 0.6 is 0 Å². The van der Waals surface area contributed by atoms with Crippen LogP contribution in [-0.2, 0) is 23.2 Å². The summed E-state index contributed by atoms with van der Waals surface area (Å²) in [4.78, 5) is 24.6. The second kappa shape index (κ2) is 8.18. The number of rotatable bonds is 5. The van der Waals surface area contributed by atoms with Crippen molar-refractivity contribution in [3.8, 4) is 0 Å². The molecule has 158 valence electrons. The van der Waals surface area contributed by atoms with Crippen LogP contribution < -0.4 is 10.9 Å². The lowest BCUT2D eigenvalue weighted by molar-refractivity contribution is -0.115. The highest BCUT2D eigenvalue weighted by Crippen LogP contribution is 2.22. The molecule has 31 heavy (non-hydrogen) atoms. The quantitative estimate of drug-likeness (QED) is 0.520. The second-order valence-corrected chi connectivity index (χ2v) is 8.59. The smallest absolute Gasteiger partial charge is 0.272 e. The monoisotopic (exact) mass is 415 g/mol. The van der Waals surface area contributed by atoms with Gasteiger partial charge in [-0.2, -0.15) is 10.2 Å². The highest BCUT2D eigenvalue weighted by atomic mass is 16.1. The van der Waals surface area contributed by atoms with E-state index in [9.17, 15) is 9.59 Å². The van der Waals surface area contributed by atoms with Crippen molar-refractivity contribution in [1.29, 1.82) is 0 Å². The molecule has 7 nitrogen and oxygen atoms in total. The number of carbonyl (C=O) groups excluding carboxylic acids is 1. The number of H-pyrrole nitrogens is 1. The van der Waals surface area contributed by atoms with Crippen LogP contribution in [0.2, 0.25) is 0 Å². The van der Waals surface area contributed by atoms with Gasteiger partial charge in [0.25, 0.3) is 5.56 Å². The summed E-state index contributed by atoms with van der Waals surface area (Å²) in [7, 11) is 0. The maximum Gasteiger partial charge on any atom is 0.272 e. The Morgan fingerprint density at radius 2 is 1.74 bits per heavy atom. The molecule has 0 unspecified atom stereocenters. The Morgan fingerprint density at radius 1 is 1.03 bits per heavy atom. The number of anilines is 1. The van der Waals surface area contributed by atoms with Crippen LogP contribution in [0.3, 0.4) is 0 Å². The minimum Gasteiger partial charge on any atom is -0.311 e. The molecule has 0 saturated heterocycles. The molecule has 2 heterocycles. The summed E-state index contributed by atoms with van der Waals surface area (Å²) < 4.78 is 1.75. The van der Waals surface area contributed by atoms with Crippen LogP contribution in [0.4, 0.5) is 5.82 Å². The fraction of sp³-hybridized carbons (Fsp3) is 0.250. The molecule has 0 spiro atoms. The molecular formula is C24H25N5O2. The molecular weight excluding hydrogens is 390 g/mol. The highest BCUT2D eigenvalue weighted by molar-refractivity contribution is 5.94. The van der Waals surface area contributed by atoms with E-state index in [-0.39, 0.29) is 23.3 Å². The van der Waals surface area contributed by atoms with Crippen LogP contribution in [0, 0.1) is 0 Å². The van der Waals surface area contributed by atoms with E-state index in [0.717, 1.165) is 5.56 Å². The lowest BCUT2D eigenvalue weighted by Gasteiger charge is -2.19. The summed E-state index contributed by atoms with van der Waals surface area (Å²) in [5, 5.41) is 15.0. The molecule has 7 heteroatoms.